The first-order valence-corrected chi connectivity index (χ1v) is 5.84. The third kappa shape index (κ3) is 2.71. The van der Waals surface area contributed by atoms with Crippen molar-refractivity contribution in [3.8, 4) is 0 Å². The van der Waals surface area contributed by atoms with Gasteiger partial charge in [-0.15, -0.1) is 0 Å². The highest BCUT2D eigenvalue weighted by Crippen LogP contribution is 2.22. The van der Waals surface area contributed by atoms with E-state index in [1.54, 1.807) is 14.1 Å². The molecule has 0 unspecified atom stereocenters. The standard InChI is InChI=1S/C10H15N5O4/c1-13-7-8(9(12-13)14(17)18)11-10(16)15(2)3-5-19-6-4-15/h7H,3-6H2,1-2H3/p+1. The normalized spacial score (nSPS) is 18.0. The Morgan fingerprint density at radius 1 is 1.58 bits per heavy atom. The summed E-state index contributed by atoms with van der Waals surface area (Å²) in [6.45, 7) is 2.08. The number of urea groups is 1. The van der Waals surface area contributed by atoms with Crippen LogP contribution >= 0.6 is 0 Å². The zero-order valence-corrected chi connectivity index (χ0v) is 10.8. The Morgan fingerprint density at radius 2 is 2.21 bits per heavy atom. The maximum absolute atomic E-state index is 12.2. The second kappa shape index (κ2) is 4.94. The molecule has 0 aliphatic carbocycles. The van der Waals surface area contributed by atoms with Crippen LogP contribution < -0.4 is 5.32 Å². The van der Waals surface area contributed by atoms with Crippen LogP contribution in [0.2, 0.25) is 0 Å². The van der Waals surface area contributed by atoms with Gasteiger partial charge >= 0.3 is 11.8 Å². The summed E-state index contributed by atoms with van der Waals surface area (Å²) < 4.78 is 6.65. The molecule has 2 rings (SSSR count). The van der Waals surface area contributed by atoms with Crippen LogP contribution in [0.5, 0.6) is 0 Å². The molecule has 2 heterocycles. The second-order valence-corrected chi connectivity index (χ2v) is 4.68. The van der Waals surface area contributed by atoms with Crippen LogP contribution in [0.3, 0.4) is 0 Å². The molecule has 1 aromatic rings. The Hall–Kier alpha value is -2.00. The van der Waals surface area contributed by atoms with E-state index in [4.69, 9.17) is 4.74 Å². The van der Waals surface area contributed by atoms with Crippen LogP contribution in [0, 0.1) is 10.1 Å². The van der Waals surface area contributed by atoms with Gasteiger partial charge in [0.1, 0.15) is 13.1 Å². The third-order valence-electron chi connectivity index (χ3n) is 3.17. The molecule has 9 nitrogen and oxygen atoms in total. The molecule has 0 aromatic carbocycles. The van der Waals surface area contributed by atoms with E-state index in [0.717, 1.165) is 0 Å². The predicted octanol–water partition coefficient (Wildman–Crippen LogP) is 0.337. The minimum atomic E-state index is -0.616. The van der Waals surface area contributed by atoms with Crippen molar-refractivity contribution in [2.45, 2.75) is 0 Å². The molecule has 19 heavy (non-hydrogen) atoms. The van der Waals surface area contributed by atoms with E-state index >= 15 is 0 Å². The minimum Gasteiger partial charge on any atom is -0.370 e. The summed E-state index contributed by atoms with van der Waals surface area (Å²) in [6, 6.07) is -0.292. The van der Waals surface area contributed by atoms with Crippen LogP contribution in [-0.4, -0.2) is 58.6 Å². The number of carbonyl (C=O) groups is 1. The van der Waals surface area contributed by atoms with Crippen LogP contribution in [0.25, 0.3) is 0 Å². The van der Waals surface area contributed by atoms with E-state index in [9.17, 15) is 14.9 Å². The predicted molar refractivity (Wildman–Crippen MR) is 65.6 cm³/mol. The SMILES string of the molecule is Cn1cc(NC(=O)[N+]2(C)CCOCC2)c([N+](=O)[O-])n1. The number of hydrogen-bond donors (Lipinski definition) is 1. The van der Waals surface area contributed by atoms with Gasteiger partial charge in [-0.05, 0) is 4.92 Å². The number of ether oxygens (including phenoxy) is 1. The van der Waals surface area contributed by atoms with Crippen molar-refractivity contribution >= 4 is 17.5 Å². The molecule has 0 radical (unpaired) electrons. The fourth-order valence-electron chi connectivity index (χ4n) is 1.90. The second-order valence-electron chi connectivity index (χ2n) is 4.68. The van der Waals surface area contributed by atoms with Gasteiger partial charge in [-0.3, -0.25) is 5.32 Å². The first-order chi connectivity index (χ1) is 8.92. The van der Waals surface area contributed by atoms with E-state index in [1.165, 1.54) is 10.9 Å². The summed E-state index contributed by atoms with van der Waals surface area (Å²) >= 11 is 0. The van der Waals surface area contributed by atoms with E-state index in [-0.39, 0.29) is 22.0 Å². The number of nitro groups is 1. The monoisotopic (exact) mass is 270 g/mol. The number of aromatic nitrogens is 2. The third-order valence-corrected chi connectivity index (χ3v) is 3.17. The van der Waals surface area contributed by atoms with Crippen molar-refractivity contribution in [2.75, 3.05) is 38.7 Å². The molecule has 1 fully saturated rings. The summed E-state index contributed by atoms with van der Waals surface area (Å²) in [6.07, 6.45) is 1.42. The molecular formula is C10H16N5O4+. The minimum absolute atomic E-state index is 0.114. The van der Waals surface area contributed by atoms with Gasteiger partial charge in [-0.1, -0.05) is 0 Å². The Bertz CT molecular complexity index is 506. The van der Waals surface area contributed by atoms with E-state index in [1.807, 2.05) is 0 Å². The maximum atomic E-state index is 12.2. The summed E-state index contributed by atoms with van der Waals surface area (Å²) in [4.78, 5) is 22.4. The van der Waals surface area contributed by atoms with Crippen molar-refractivity contribution < 1.29 is 18.9 Å². The number of carbonyl (C=O) groups excluding carboxylic acids is 1. The van der Waals surface area contributed by atoms with E-state index in [2.05, 4.69) is 10.4 Å². The van der Waals surface area contributed by atoms with Crippen LogP contribution in [0.15, 0.2) is 6.20 Å². The zero-order chi connectivity index (χ0) is 14.0. The molecule has 0 bridgehead atoms. The lowest BCUT2D eigenvalue weighted by atomic mass is 10.3. The number of quaternary nitrogens is 1. The van der Waals surface area contributed by atoms with Crippen LogP contribution in [-0.2, 0) is 11.8 Å². The van der Waals surface area contributed by atoms with Crippen LogP contribution in [0.1, 0.15) is 0 Å². The number of rotatable bonds is 2. The van der Waals surface area contributed by atoms with Crippen molar-refractivity contribution in [2.24, 2.45) is 7.05 Å². The number of nitrogens with one attached hydrogen (secondary N) is 1. The van der Waals surface area contributed by atoms with E-state index in [0.29, 0.717) is 26.3 Å². The van der Waals surface area contributed by atoms with Crippen molar-refractivity contribution in [3.63, 3.8) is 0 Å². The first-order valence-electron chi connectivity index (χ1n) is 5.84. The van der Waals surface area contributed by atoms with Crippen LogP contribution in [0.4, 0.5) is 16.3 Å². The Morgan fingerprint density at radius 3 is 2.79 bits per heavy atom. The number of aryl methyl sites for hydroxylation is 1. The number of likely N-dealkylation sites (N-methyl/N-ethyl adjacent to an activating group) is 1. The highest BCUT2D eigenvalue weighted by Gasteiger charge is 2.36. The maximum Gasteiger partial charge on any atom is 0.421 e. The molecule has 1 aliphatic heterocycles. The summed E-state index contributed by atoms with van der Waals surface area (Å²) in [5.41, 5.74) is 0.114. The van der Waals surface area contributed by atoms with Gasteiger partial charge < -0.3 is 14.9 Å². The van der Waals surface area contributed by atoms with Gasteiger partial charge in [0.05, 0.1) is 38.6 Å². The molecule has 0 atom stereocenters. The number of nitrogens with zero attached hydrogens (tertiary/aromatic N) is 4. The molecule has 1 aromatic heterocycles. The molecule has 0 saturated carbocycles. The van der Waals surface area contributed by atoms with Gasteiger partial charge in [0.25, 0.3) is 0 Å². The highest BCUT2D eigenvalue weighted by atomic mass is 16.6. The summed E-state index contributed by atoms with van der Waals surface area (Å²) in [5, 5.41) is 17.1. The Labute approximate surface area is 109 Å². The lowest BCUT2D eigenvalue weighted by molar-refractivity contribution is -0.836. The topological polar surface area (TPSA) is 99.3 Å². The molecule has 1 N–H and O–H groups in total. The Kier molecular flexibility index (Phi) is 3.49. The van der Waals surface area contributed by atoms with Crippen molar-refractivity contribution in [1.29, 1.82) is 0 Å². The molecule has 2 amide bonds. The van der Waals surface area contributed by atoms with E-state index < -0.39 is 4.92 Å². The number of morpholine rings is 1. The largest absolute Gasteiger partial charge is 0.421 e. The number of amides is 2. The molecule has 0 spiro atoms. The average Bonchev–Trinajstić information content (AvgIpc) is 2.71. The molecule has 1 aliphatic rings. The molecule has 9 heteroatoms. The van der Waals surface area contributed by atoms with Gasteiger partial charge in [0, 0.05) is 0 Å². The quantitative estimate of drug-likeness (QED) is 0.474. The van der Waals surface area contributed by atoms with Gasteiger partial charge in [-0.25, -0.2) is 9.28 Å². The smallest absolute Gasteiger partial charge is 0.370 e. The molecule has 104 valence electrons. The fourth-order valence-corrected chi connectivity index (χ4v) is 1.90. The fraction of sp³-hybridized carbons (Fsp3) is 0.600. The van der Waals surface area contributed by atoms with Gasteiger partial charge in [0.15, 0.2) is 5.69 Å². The zero-order valence-electron chi connectivity index (χ0n) is 10.8. The Balaban J connectivity index is 2.16. The number of hydrogen-bond acceptors (Lipinski definition) is 5. The first kappa shape index (κ1) is 13.4. The molecule has 1 saturated heterocycles. The highest BCUT2D eigenvalue weighted by molar-refractivity contribution is 5.86. The van der Waals surface area contributed by atoms with Crippen molar-refractivity contribution in [1.82, 2.24) is 9.78 Å². The van der Waals surface area contributed by atoms with Gasteiger partial charge in [0.2, 0.25) is 0 Å². The van der Waals surface area contributed by atoms with Crippen molar-refractivity contribution in [3.05, 3.63) is 16.3 Å². The summed E-state index contributed by atoms with van der Waals surface area (Å²) in [7, 11) is 3.34. The lowest BCUT2D eigenvalue weighted by Gasteiger charge is -2.34. The lowest BCUT2D eigenvalue weighted by Crippen LogP contribution is -2.57. The summed E-state index contributed by atoms with van der Waals surface area (Å²) in [5.74, 6) is -0.351. The van der Waals surface area contributed by atoms with Gasteiger partial charge in [-0.2, -0.15) is 4.68 Å². The molecular weight excluding hydrogens is 254 g/mol. The number of anilines is 1. The average molecular weight is 270 g/mol.